The summed E-state index contributed by atoms with van der Waals surface area (Å²) in [5.74, 6) is -0.909. The Morgan fingerprint density at radius 2 is 1.73 bits per heavy atom. The standard InChI is InChI=1S/C20H20Cl2N2O2/c1-3-12-6-4-5-11(2)18(12)24-20(26)15-10-14(15)19(25)23-13-7-8-16(21)17(22)9-13/h4-9,14-15H,3,10H2,1-2H3,(H,23,25)(H,24,26). The van der Waals surface area contributed by atoms with Crippen LogP contribution in [0.15, 0.2) is 36.4 Å². The van der Waals surface area contributed by atoms with E-state index in [0.29, 0.717) is 22.2 Å². The van der Waals surface area contributed by atoms with E-state index < -0.39 is 0 Å². The van der Waals surface area contributed by atoms with E-state index in [1.54, 1.807) is 18.2 Å². The molecule has 2 aromatic rings. The predicted molar refractivity (Wildman–Crippen MR) is 106 cm³/mol. The number of hydrogen-bond acceptors (Lipinski definition) is 2. The largest absolute Gasteiger partial charge is 0.326 e. The lowest BCUT2D eigenvalue weighted by atomic mass is 10.1. The summed E-state index contributed by atoms with van der Waals surface area (Å²) in [7, 11) is 0. The normalized spacial score (nSPS) is 18.3. The van der Waals surface area contributed by atoms with Crippen molar-refractivity contribution in [1.82, 2.24) is 0 Å². The Kier molecular flexibility index (Phi) is 5.54. The van der Waals surface area contributed by atoms with E-state index in [1.807, 2.05) is 25.1 Å². The van der Waals surface area contributed by atoms with Crippen LogP contribution in [0.25, 0.3) is 0 Å². The lowest BCUT2D eigenvalue weighted by Crippen LogP contribution is -2.21. The van der Waals surface area contributed by atoms with Crippen molar-refractivity contribution in [3.63, 3.8) is 0 Å². The van der Waals surface area contributed by atoms with Crippen molar-refractivity contribution in [2.24, 2.45) is 11.8 Å². The summed E-state index contributed by atoms with van der Waals surface area (Å²) in [6.07, 6.45) is 1.38. The van der Waals surface area contributed by atoms with Crippen LogP contribution in [0, 0.1) is 18.8 Å². The van der Waals surface area contributed by atoms with Crippen LogP contribution in [-0.2, 0) is 16.0 Å². The number of hydrogen-bond donors (Lipinski definition) is 2. The zero-order chi connectivity index (χ0) is 18.8. The molecule has 4 nitrogen and oxygen atoms in total. The monoisotopic (exact) mass is 390 g/mol. The van der Waals surface area contributed by atoms with Crippen molar-refractivity contribution in [1.29, 1.82) is 0 Å². The van der Waals surface area contributed by atoms with Gasteiger partial charge < -0.3 is 10.6 Å². The van der Waals surface area contributed by atoms with Gasteiger partial charge in [-0.3, -0.25) is 9.59 Å². The first-order chi connectivity index (χ1) is 12.4. The molecule has 26 heavy (non-hydrogen) atoms. The molecule has 0 heterocycles. The molecule has 136 valence electrons. The number of carbonyl (C=O) groups is 2. The third-order valence-electron chi connectivity index (χ3n) is 4.64. The summed E-state index contributed by atoms with van der Waals surface area (Å²) in [6, 6.07) is 10.9. The number of nitrogens with one attached hydrogen (secondary N) is 2. The predicted octanol–water partition coefficient (Wildman–Crippen LogP) is 5.08. The number of benzene rings is 2. The minimum absolute atomic E-state index is 0.108. The molecular weight excluding hydrogens is 371 g/mol. The molecule has 0 aliphatic heterocycles. The number of amides is 2. The Morgan fingerprint density at radius 3 is 2.38 bits per heavy atom. The minimum Gasteiger partial charge on any atom is -0.326 e. The second-order valence-corrected chi connectivity index (χ2v) is 7.33. The fourth-order valence-corrected chi connectivity index (χ4v) is 3.30. The van der Waals surface area contributed by atoms with Crippen molar-refractivity contribution < 1.29 is 9.59 Å². The Hall–Kier alpha value is -2.04. The first-order valence-electron chi connectivity index (χ1n) is 8.56. The van der Waals surface area contributed by atoms with Crippen molar-refractivity contribution in [3.05, 3.63) is 57.6 Å². The van der Waals surface area contributed by atoms with Crippen LogP contribution in [0.4, 0.5) is 11.4 Å². The first kappa shape index (κ1) is 18.7. The topological polar surface area (TPSA) is 58.2 Å². The molecule has 2 aromatic carbocycles. The Labute approximate surface area is 162 Å². The zero-order valence-corrected chi connectivity index (χ0v) is 16.1. The van der Waals surface area contributed by atoms with Crippen molar-refractivity contribution in [2.45, 2.75) is 26.7 Å². The molecule has 0 spiro atoms. The average molecular weight is 391 g/mol. The van der Waals surface area contributed by atoms with E-state index in [2.05, 4.69) is 17.6 Å². The van der Waals surface area contributed by atoms with Crippen molar-refractivity contribution >= 4 is 46.4 Å². The van der Waals surface area contributed by atoms with Crippen LogP contribution in [0.3, 0.4) is 0 Å². The summed E-state index contributed by atoms with van der Waals surface area (Å²) in [5.41, 5.74) is 3.55. The van der Waals surface area contributed by atoms with Gasteiger partial charge in [-0.2, -0.15) is 0 Å². The molecule has 2 atom stereocenters. The molecule has 1 saturated carbocycles. The zero-order valence-electron chi connectivity index (χ0n) is 14.6. The lowest BCUT2D eigenvalue weighted by molar-refractivity contribution is -0.122. The van der Waals surface area contributed by atoms with E-state index in [0.717, 1.165) is 23.2 Å². The van der Waals surface area contributed by atoms with Crippen LogP contribution in [0.5, 0.6) is 0 Å². The Bertz CT molecular complexity index is 867. The summed E-state index contributed by atoms with van der Waals surface area (Å²) < 4.78 is 0. The van der Waals surface area contributed by atoms with E-state index in [-0.39, 0.29) is 23.7 Å². The van der Waals surface area contributed by atoms with E-state index in [9.17, 15) is 9.59 Å². The van der Waals surface area contributed by atoms with Crippen LogP contribution in [-0.4, -0.2) is 11.8 Å². The maximum atomic E-state index is 12.5. The average Bonchev–Trinajstić information content (AvgIpc) is 3.41. The molecule has 0 radical (unpaired) electrons. The Balaban J connectivity index is 1.62. The summed E-state index contributed by atoms with van der Waals surface area (Å²) in [5, 5.41) is 6.60. The van der Waals surface area contributed by atoms with Gasteiger partial charge in [0.15, 0.2) is 0 Å². The van der Waals surface area contributed by atoms with Gasteiger partial charge in [0, 0.05) is 11.4 Å². The summed E-state index contributed by atoms with van der Waals surface area (Å²) >= 11 is 11.8. The highest BCUT2D eigenvalue weighted by atomic mass is 35.5. The van der Waals surface area contributed by atoms with E-state index in [4.69, 9.17) is 23.2 Å². The first-order valence-corrected chi connectivity index (χ1v) is 9.31. The molecule has 0 aromatic heterocycles. The molecule has 2 unspecified atom stereocenters. The molecule has 1 aliphatic carbocycles. The van der Waals surface area contributed by atoms with Crippen LogP contribution in [0.2, 0.25) is 10.0 Å². The van der Waals surface area contributed by atoms with Gasteiger partial charge >= 0.3 is 0 Å². The molecule has 0 saturated heterocycles. The van der Waals surface area contributed by atoms with Crippen molar-refractivity contribution in [3.8, 4) is 0 Å². The third kappa shape index (κ3) is 4.02. The highest BCUT2D eigenvalue weighted by molar-refractivity contribution is 6.42. The van der Waals surface area contributed by atoms with Crippen LogP contribution >= 0.6 is 23.2 Å². The van der Waals surface area contributed by atoms with Crippen molar-refractivity contribution in [2.75, 3.05) is 10.6 Å². The smallest absolute Gasteiger partial charge is 0.228 e. The van der Waals surface area contributed by atoms with E-state index >= 15 is 0 Å². The Morgan fingerprint density at radius 1 is 1.04 bits per heavy atom. The van der Waals surface area contributed by atoms with Crippen LogP contribution in [0.1, 0.15) is 24.5 Å². The van der Waals surface area contributed by atoms with Crippen LogP contribution < -0.4 is 10.6 Å². The summed E-state index contributed by atoms with van der Waals surface area (Å²) in [4.78, 5) is 24.9. The second-order valence-electron chi connectivity index (χ2n) is 6.52. The molecule has 1 aliphatic rings. The number of anilines is 2. The fourth-order valence-electron chi connectivity index (χ4n) is 3.00. The maximum Gasteiger partial charge on any atom is 0.228 e. The lowest BCUT2D eigenvalue weighted by Gasteiger charge is -2.13. The molecule has 3 rings (SSSR count). The molecule has 2 N–H and O–H groups in total. The van der Waals surface area contributed by atoms with Gasteiger partial charge in [0.1, 0.15) is 0 Å². The van der Waals surface area contributed by atoms with Gasteiger partial charge in [-0.15, -0.1) is 0 Å². The molecule has 1 fully saturated rings. The fraction of sp³-hybridized carbons (Fsp3) is 0.300. The molecular formula is C20H20Cl2N2O2. The highest BCUT2D eigenvalue weighted by Gasteiger charge is 2.48. The SMILES string of the molecule is CCc1cccc(C)c1NC(=O)C1CC1C(=O)Nc1ccc(Cl)c(Cl)c1. The summed E-state index contributed by atoms with van der Waals surface area (Å²) in [6.45, 7) is 4.02. The van der Waals surface area contributed by atoms with Gasteiger partial charge in [-0.05, 0) is 49.1 Å². The quantitative estimate of drug-likeness (QED) is 0.747. The highest BCUT2D eigenvalue weighted by Crippen LogP contribution is 2.41. The minimum atomic E-state index is -0.321. The number of aryl methyl sites for hydroxylation is 2. The maximum absolute atomic E-state index is 12.5. The van der Waals surface area contributed by atoms with E-state index in [1.165, 1.54) is 0 Å². The number of carbonyl (C=O) groups excluding carboxylic acids is 2. The van der Waals surface area contributed by atoms with Gasteiger partial charge in [-0.25, -0.2) is 0 Å². The second kappa shape index (κ2) is 7.68. The van der Waals surface area contributed by atoms with Gasteiger partial charge in [0.25, 0.3) is 0 Å². The number of para-hydroxylation sites is 1. The number of halogens is 2. The third-order valence-corrected chi connectivity index (χ3v) is 5.38. The molecule has 2 amide bonds. The molecule has 0 bridgehead atoms. The molecule has 6 heteroatoms. The van der Waals surface area contributed by atoms with Gasteiger partial charge in [-0.1, -0.05) is 48.3 Å². The van der Waals surface area contributed by atoms with Gasteiger partial charge in [0.05, 0.1) is 21.9 Å². The van der Waals surface area contributed by atoms with Gasteiger partial charge in [0.2, 0.25) is 11.8 Å². The number of rotatable bonds is 5.